The molecule has 0 saturated carbocycles. The second-order valence-electron chi connectivity index (χ2n) is 6.61. The molecule has 2 aromatic rings. The smallest absolute Gasteiger partial charge is 0.0634 e. The Bertz CT molecular complexity index is 656. The standard InChI is InChI=1S/C18H21Cl2N/c1-12-9-18(2,3)17-15(11-20)21(14(10-19)16(12)17)13-7-5-4-6-8-13/h4-8,12H,9-11H2,1-3H3. The lowest BCUT2D eigenvalue weighted by Gasteiger charge is -2.22. The molecule has 3 heteroatoms. The summed E-state index contributed by atoms with van der Waals surface area (Å²) in [6.07, 6.45) is 1.17. The first-order valence-corrected chi connectivity index (χ1v) is 8.52. The highest BCUT2D eigenvalue weighted by Gasteiger charge is 2.41. The van der Waals surface area contributed by atoms with Crippen molar-refractivity contribution >= 4 is 23.2 Å². The lowest BCUT2D eigenvalue weighted by atomic mass is 9.85. The summed E-state index contributed by atoms with van der Waals surface area (Å²) in [4.78, 5) is 0. The fourth-order valence-corrected chi connectivity index (χ4v) is 4.61. The van der Waals surface area contributed by atoms with Gasteiger partial charge in [0, 0.05) is 17.1 Å². The van der Waals surface area contributed by atoms with Gasteiger partial charge in [0.05, 0.1) is 11.8 Å². The van der Waals surface area contributed by atoms with Crippen LogP contribution in [0.15, 0.2) is 30.3 Å². The van der Waals surface area contributed by atoms with Crippen molar-refractivity contribution in [3.05, 3.63) is 52.8 Å². The molecule has 0 saturated heterocycles. The number of rotatable bonds is 3. The molecule has 0 spiro atoms. The van der Waals surface area contributed by atoms with E-state index in [0.717, 1.165) is 5.69 Å². The van der Waals surface area contributed by atoms with Gasteiger partial charge in [0.2, 0.25) is 0 Å². The summed E-state index contributed by atoms with van der Waals surface area (Å²) in [5.74, 6) is 1.58. The Hall–Kier alpha value is -0.920. The number of fused-ring (bicyclic) bond motifs is 1. The average Bonchev–Trinajstić information content (AvgIpc) is 2.93. The zero-order chi connectivity index (χ0) is 15.2. The molecular formula is C18H21Cl2N. The summed E-state index contributed by atoms with van der Waals surface area (Å²) >= 11 is 12.7. The van der Waals surface area contributed by atoms with Gasteiger partial charge in [-0.25, -0.2) is 0 Å². The number of para-hydroxylation sites is 1. The Balaban J connectivity index is 2.34. The van der Waals surface area contributed by atoms with Gasteiger partial charge in [-0.2, -0.15) is 0 Å². The van der Waals surface area contributed by atoms with Crippen LogP contribution in [0.5, 0.6) is 0 Å². The minimum Gasteiger partial charge on any atom is -0.315 e. The van der Waals surface area contributed by atoms with Gasteiger partial charge in [-0.1, -0.05) is 39.0 Å². The molecule has 1 aliphatic carbocycles. The first kappa shape index (κ1) is 15.0. The molecule has 0 amide bonds. The van der Waals surface area contributed by atoms with Crippen molar-refractivity contribution in [2.45, 2.75) is 50.3 Å². The number of aromatic nitrogens is 1. The number of hydrogen-bond acceptors (Lipinski definition) is 0. The highest BCUT2D eigenvalue weighted by Crippen LogP contribution is 2.51. The van der Waals surface area contributed by atoms with Gasteiger partial charge in [-0.15, -0.1) is 23.2 Å². The normalized spacial score (nSPS) is 19.8. The average molecular weight is 322 g/mol. The molecule has 0 aliphatic heterocycles. The first-order valence-electron chi connectivity index (χ1n) is 7.45. The topological polar surface area (TPSA) is 4.93 Å². The maximum Gasteiger partial charge on any atom is 0.0634 e. The van der Waals surface area contributed by atoms with E-state index in [1.165, 1.54) is 28.9 Å². The van der Waals surface area contributed by atoms with Crippen LogP contribution in [0.2, 0.25) is 0 Å². The Morgan fingerprint density at radius 2 is 1.71 bits per heavy atom. The third kappa shape index (κ3) is 2.22. The van der Waals surface area contributed by atoms with Crippen LogP contribution in [-0.4, -0.2) is 4.57 Å². The van der Waals surface area contributed by atoms with Crippen molar-refractivity contribution in [3.63, 3.8) is 0 Å². The van der Waals surface area contributed by atoms with Crippen LogP contribution in [0.1, 0.15) is 55.6 Å². The van der Waals surface area contributed by atoms with Crippen LogP contribution in [0.3, 0.4) is 0 Å². The van der Waals surface area contributed by atoms with Crippen LogP contribution in [-0.2, 0) is 17.2 Å². The lowest BCUT2D eigenvalue weighted by Crippen LogP contribution is -2.16. The van der Waals surface area contributed by atoms with Gasteiger partial charge in [0.25, 0.3) is 0 Å². The maximum atomic E-state index is 6.35. The fraction of sp³-hybridized carbons (Fsp3) is 0.444. The van der Waals surface area contributed by atoms with Gasteiger partial charge >= 0.3 is 0 Å². The number of hydrogen-bond donors (Lipinski definition) is 0. The van der Waals surface area contributed by atoms with Crippen LogP contribution < -0.4 is 0 Å². The Morgan fingerprint density at radius 1 is 1.10 bits per heavy atom. The molecule has 1 aliphatic rings. The number of halogens is 2. The molecule has 1 nitrogen and oxygen atoms in total. The third-order valence-electron chi connectivity index (χ3n) is 4.66. The van der Waals surface area contributed by atoms with Crippen LogP contribution in [0.25, 0.3) is 5.69 Å². The summed E-state index contributed by atoms with van der Waals surface area (Å²) in [6.45, 7) is 6.94. The molecule has 1 unspecified atom stereocenters. The fourth-order valence-electron chi connectivity index (χ4n) is 4.10. The SMILES string of the molecule is CC1CC(C)(C)c2c1c(CCl)n(-c1ccccc1)c2CCl. The van der Waals surface area contributed by atoms with E-state index in [1.54, 1.807) is 0 Å². The van der Waals surface area contributed by atoms with Gasteiger partial charge < -0.3 is 4.57 Å². The van der Waals surface area contributed by atoms with Crippen LogP contribution in [0.4, 0.5) is 0 Å². The molecule has 0 fully saturated rings. The quantitative estimate of drug-likeness (QED) is 0.635. The van der Waals surface area contributed by atoms with Gasteiger partial charge in [-0.05, 0) is 41.0 Å². The largest absolute Gasteiger partial charge is 0.315 e. The maximum absolute atomic E-state index is 6.35. The summed E-state index contributed by atoms with van der Waals surface area (Å²) in [6, 6.07) is 10.4. The molecule has 0 radical (unpaired) electrons. The van der Waals surface area contributed by atoms with Gasteiger partial charge in [-0.3, -0.25) is 0 Å². The summed E-state index contributed by atoms with van der Waals surface area (Å²) in [5.41, 5.74) is 6.59. The Labute approximate surface area is 136 Å². The predicted molar refractivity (Wildman–Crippen MR) is 90.9 cm³/mol. The third-order valence-corrected chi connectivity index (χ3v) is 5.17. The Morgan fingerprint density at radius 3 is 2.29 bits per heavy atom. The molecule has 1 heterocycles. The molecular weight excluding hydrogens is 301 g/mol. The highest BCUT2D eigenvalue weighted by atomic mass is 35.5. The predicted octanol–water partition coefficient (Wildman–Crippen LogP) is 5.74. The monoisotopic (exact) mass is 321 g/mol. The molecule has 3 rings (SSSR count). The minimum atomic E-state index is 0.166. The van der Waals surface area contributed by atoms with Crippen molar-refractivity contribution in [2.75, 3.05) is 0 Å². The molecule has 1 atom stereocenters. The lowest BCUT2D eigenvalue weighted by molar-refractivity contribution is 0.482. The molecule has 0 N–H and O–H groups in total. The van der Waals surface area contributed by atoms with Crippen molar-refractivity contribution in [2.24, 2.45) is 0 Å². The zero-order valence-electron chi connectivity index (χ0n) is 12.8. The molecule has 112 valence electrons. The zero-order valence-corrected chi connectivity index (χ0v) is 14.3. The molecule has 0 bridgehead atoms. The number of alkyl halides is 2. The highest BCUT2D eigenvalue weighted by molar-refractivity contribution is 6.18. The van der Waals surface area contributed by atoms with E-state index in [1.807, 2.05) is 6.07 Å². The van der Waals surface area contributed by atoms with E-state index in [-0.39, 0.29) is 5.41 Å². The van der Waals surface area contributed by atoms with E-state index >= 15 is 0 Å². The molecule has 21 heavy (non-hydrogen) atoms. The minimum absolute atomic E-state index is 0.166. The van der Waals surface area contributed by atoms with E-state index in [4.69, 9.17) is 23.2 Å². The van der Waals surface area contributed by atoms with Crippen molar-refractivity contribution in [1.82, 2.24) is 4.57 Å². The second-order valence-corrected chi connectivity index (χ2v) is 7.14. The Kier molecular flexibility index (Phi) is 3.83. The van der Waals surface area contributed by atoms with E-state index in [9.17, 15) is 0 Å². The molecule has 1 aromatic heterocycles. The van der Waals surface area contributed by atoms with Crippen molar-refractivity contribution < 1.29 is 0 Å². The van der Waals surface area contributed by atoms with E-state index in [0.29, 0.717) is 17.7 Å². The van der Waals surface area contributed by atoms with Gasteiger partial charge in [0.1, 0.15) is 0 Å². The summed E-state index contributed by atoms with van der Waals surface area (Å²) in [7, 11) is 0. The van der Waals surface area contributed by atoms with Crippen LogP contribution >= 0.6 is 23.2 Å². The second kappa shape index (κ2) is 5.37. The first-order chi connectivity index (χ1) is 10.0. The van der Waals surface area contributed by atoms with Crippen molar-refractivity contribution in [1.29, 1.82) is 0 Å². The number of benzene rings is 1. The van der Waals surface area contributed by atoms with E-state index in [2.05, 4.69) is 49.6 Å². The van der Waals surface area contributed by atoms with Crippen molar-refractivity contribution in [3.8, 4) is 5.69 Å². The molecule has 1 aromatic carbocycles. The van der Waals surface area contributed by atoms with E-state index < -0.39 is 0 Å². The summed E-state index contributed by atoms with van der Waals surface area (Å²) in [5, 5.41) is 0. The number of nitrogens with zero attached hydrogens (tertiary/aromatic N) is 1. The summed E-state index contributed by atoms with van der Waals surface area (Å²) < 4.78 is 2.28. The van der Waals surface area contributed by atoms with Gasteiger partial charge in [0.15, 0.2) is 0 Å². The van der Waals surface area contributed by atoms with Crippen LogP contribution in [0, 0.1) is 0 Å².